The van der Waals surface area contributed by atoms with Crippen molar-refractivity contribution in [2.75, 3.05) is 25.1 Å². The highest BCUT2D eigenvalue weighted by molar-refractivity contribution is 8.07. The SMILES string of the molecule is CC(C)C(=O)Nc1nc2c(ncn2[C@@H]2O[C@H](CO)[C@@H](C)[C@H]2OP(=S)(OCCC#N)OC[C@H]2C[C@@H](Oc3ccncn3)C[C@@H]2O[PH](=O)O)c(=O)[nH]1. The molecule has 1 aliphatic heterocycles. The van der Waals surface area contributed by atoms with Gasteiger partial charge in [-0.15, -0.1) is 0 Å². The molecule has 2 unspecified atom stereocenters. The molecular formula is C28H38N8O11P2S. The number of rotatable bonds is 16. The average Bonchev–Trinajstić information content (AvgIpc) is 3.75. The molecule has 2 fully saturated rings. The molecule has 1 saturated heterocycles. The molecule has 0 aromatic carbocycles. The summed E-state index contributed by atoms with van der Waals surface area (Å²) in [6.45, 7) is 0.785. The van der Waals surface area contributed by atoms with E-state index in [-0.39, 0.29) is 61.6 Å². The summed E-state index contributed by atoms with van der Waals surface area (Å²) in [5.41, 5.74) is -0.578. The first-order valence-corrected chi connectivity index (χ1v) is 19.5. The topological polar surface area (TPSA) is 255 Å². The van der Waals surface area contributed by atoms with Gasteiger partial charge in [-0.25, -0.2) is 15.0 Å². The van der Waals surface area contributed by atoms with Crippen LogP contribution in [0.4, 0.5) is 5.95 Å². The Morgan fingerprint density at radius 2 is 2.14 bits per heavy atom. The van der Waals surface area contributed by atoms with E-state index in [4.69, 9.17) is 39.4 Å². The fourth-order valence-electron chi connectivity index (χ4n) is 5.60. The summed E-state index contributed by atoms with van der Waals surface area (Å²) in [4.78, 5) is 53.8. The summed E-state index contributed by atoms with van der Waals surface area (Å²) >= 11 is 5.85. The zero-order valence-corrected chi connectivity index (χ0v) is 30.0. The van der Waals surface area contributed by atoms with E-state index in [1.165, 1.54) is 23.4 Å². The zero-order valence-electron chi connectivity index (χ0n) is 27.3. The maximum atomic E-state index is 12.9. The maximum Gasteiger partial charge on any atom is 0.327 e. The van der Waals surface area contributed by atoms with Crippen LogP contribution in [0.15, 0.2) is 29.7 Å². The normalized spacial score (nSPS) is 26.9. The van der Waals surface area contributed by atoms with Gasteiger partial charge in [-0.3, -0.25) is 29.0 Å². The van der Waals surface area contributed by atoms with Crippen LogP contribution in [0.2, 0.25) is 0 Å². The summed E-state index contributed by atoms with van der Waals surface area (Å²) in [6, 6.07) is 3.57. The van der Waals surface area contributed by atoms with E-state index in [9.17, 15) is 29.4 Å². The number of nitriles is 1. The number of aromatic nitrogens is 6. The van der Waals surface area contributed by atoms with Crippen molar-refractivity contribution in [2.24, 2.45) is 17.8 Å². The van der Waals surface area contributed by atoms with Gasteiger partial charge in [0, 0.05) is 36.4 Å². The summed E-state index contributed by atoms with van der Waals surface area (Å²) in [6.07, 6.45) is 0.875. The molecule has 2 aliphatic rings. The number of nitrogens with one attached hydrogen (secondary N) is 2. The highest BCUT2D eigenvalue weighted by Gasteiger charge is 2.48. The number of anilines is 1. The molecule has 0 spiro atoms. The van der Waals surface area contributed by atoms with Crippen molar-refractivity contribution < 1.29 is 46.9 Å². The van der Waals surface area contributed by atoms with Crippen molar-refractivity contribution >= 4 is 49.8 Å². The van der Waals surface area contributed by atoms with E-state index in [0.29, 0.717) is 12.3 Å². The second-order valence-corrected chi connectivity index (χ2v) is 15.7. The second-order valence-electron chi connectivity index (χ2n) is 12.0. The number of fused-ring (bicyclic) bond motifs is 1. The van der Waals surface area contributed by atoms with Crippen LogP contribution in [-0.4, -0.2) is 89.6 Å². The minimum absolute atomic E-state index is 0.0231. The van der Waals surface area contributed by atoms with Gasteiger partial charge in [0.25, 0.3) is 5.56 Å². The Bertz CT molecular complexity index is 1810. The number of aliphatic hydroxyl groups is 1. The Labute approximate surface area is 291 Å². The minimum Gasteiger partial charge on any atom is -0.474 e. The summed E-state index contributed by atoms with van der Waals surface area (Å²) in [5.74, 6) is -1.51. The molecule has 3 aromatic heterocycles. The molecule has 3 aromatic rings. The van der Waals surface area contributed by atoms with E-state index in [2.05, 4.69) is 30.2 Å². The van der Waals surface area contributed by atoms with Crippen LogP contribution < -0.4 is 15.6 Å². The summed E-state index contributed by atoms with van der Waals surface area (Å²) < 4.78 is 49.1. The molecule has 5 rings (SSSR count). The first kappa shape index (κ1) is 38.0. The van der Waals surface area contributed by atoms with Crippen molar-refractivity contribution in [2.45, 2.75) is 70.7 Å². The largest absolute Gasteiger partial charge is 0.474 e. The number of aliphatic hydroxyl groups excluding tert-OH is 1. The summed E-state index contributed by atoms with van der Waals surface area (Å²) in [5, 5.41) is 21.9. The Kier molecular flexibility index (Phi) is 12.8. The molecule has 19 nitrogen and oxygen atoms in total. The molecule has 1 amide bonds. The average molecular weight is 757 g/mol. The molecule has 1 saturated carbocycles. The van der Waals surface area contributed by atoms with E-state index in [1.54, 1.807) is 26.8 Å². The van der Waals surface area contributed by atoms with Crippen LogP contribution in [0.3, 0.4) is 0 Å². The van der Waals surface area contributed by atoms with Crippen molar-refractivity contribution in [3.8, 4) is 11.9 Å². The van der Waals surface area contributed by atoms with Gasteiger partial charge in [-0.1, -0.05) is 20.8 Å². The molecule has 0 radical (unpaired) electrons. The van der Waals surface area contributed by atoms with Crippen molar-refractivity contribution in [1.82, 2.24) is 29.5 Å². The van der Waals surface area contributed by atoms with Crippen LogP contribution in [0, 0.1) is 29.1 Å². The number of carbonyl (C=O) groups is 1. The lowest BCUT2D eigenvalue weighted by molar-refractivity contribution is -0.118. The third-order valence-corrected chi connectivity index (χ3v) is 11.1. The van der Waals surface area contributed by atoms with Crippen LogP contribution >= 0.6 is 15.0 Å². The molecule has 4 N–H and O–H groups in total. The van der Waals surface area contributed by atoms with Gasteiger partial charge in [-0.05, 0) is 18.2 Å². The van der Waals surface area contributed by atoms with Gasteiger partial charge in [-0.2, -0.15) is 10.2 Å². The lowest BCUT2D eigenvalue weighted by Gasteiger charge is -2.30. The van der Waals surface area contributed by atoms with Crippen molar-refractivity contribution in [3.63, 3.8) is 0 Å². The van der Waals surface area contributed by atoms with E-state index < -0.39 is 63.0 Å². The number of H-pyrrole nitrogens is 1. The van der Waals surface area contributed by atoms with Crippen molar-refractivity contribution in [1.29, 1.82) is 5.26 Å². The van der Waals surface area contributed by atoms with E-state index >= 15 is 0 Å². The predicted octanol–water partition coefficient (Wildman–Crippen LogP) is 2.21. The Morgan fingerprint density at radius 3 is 2.82 bits per heavy atom. The van der Waals surface area contributed by atoms with E-state index in [0.717, 1.165) is 0 Å². The maximum absolute atomic E-state index is 12.9. The Hall–Kier alpha value is -3.21. The van der Waals surface area contributed by atoms with Crippen molar-refractivity contribution in [3.05, 3.63) is 35.3 Å². The Morgan fingerprint density at radius 1 is 1.34 bits per heavy atom. The number of hydrogen-bond donors (Lipinski definition) is 4. The molecule has 9 atom stereocenters. The smallest absolute Gasteiger partial charge is 0.327 e. The van der Waals surface area contributed by atoms with Gasteiger partial charge in [0.2, 0.25) is 17.7 Å². The fourth-order valence-corrected chi connectivity index (χ4v) is 8.34. The van der Waals surface area contributed by atoms with E-state index in [1.807, 2.05) is 6.07 Å². The highest BCUT2D eigenvalue weighted by atomic mass is 32.5. The number of aromatic amines is 1. The van der Waals surface area contributed by atoms with Gasteiger partial charge in [0.15, 0.2) is 17.4 Å². The number of nitrogens with zero attached hydrogens (tertiary/aromatic N) is 6. The standard InChI is InChI=1S/C28H38N8O11P2S/c1-15(2)25(38)34-28-33-24-22(26(39)35-28)32-14-36(24)27-23(16(3)20(11-37)45-27)47-49(50,42-8-4-6-29)43-12-17-9-18(10-19(17)46-48(40)41)44-21-5-7-30-13-31-21/h5,7,13-20,23,27,37,48H,4,8-12H2,1-3H3,(H,40,41)(H2,33,34,35,38,39)/t16-,17-,18-,19+,20-,23-,27-,49?/m1/s1. The van der Waals surface area contributed by atoms with Crippen LogP contribution in [0.5, 0.6) is 5.88 Å². The van der Waals surface area contributed by atoms with Crippen LogP contribution in [0.1, 0.15) is 46.3 Å². The third-order valence-electron chi connectivity index (χ3n) is 8.19. The first-order chi connectivity index (χ1) is 23.9. The predicted molar refractivity (Wildman–Crippen MR) is 178 cm³/mol. The highest BCUT2D eigenvalue weighted by Crippen LogP contribution is 2.56. The molecule has 22 heteroatoms. The van der Waals surface area contributed by atoms with Crippen LogP contribution in [-0.2, 0) is 44.0 Å². The third kappa shape index (κ3) is 9.17. The number of carbonyl (C=O) groups excluding carboxylic acids is 1. The molecule has 1 aliphatic carbocycles. The quantitative estimate of drug-likeness (QED) is 0.121. The molecular weight excluding hydrogens is 718 g/mol. The molecule has 272 valence electrons. The lowest BCUT2D eigenvalue weighted by Crippen LogP contribution is -2.29. The van der Waals surface area contributed by atoms with Crippen LogP contribution in [0.25, 0.3) is 11.2 Å². The minimum atomic E-state index is -3.73. The first-order valence-electron chi connectivity index (χ1n) is 15.7. The number of amides is 1. The zero-order chi connectivity index (χ0) is 36.0. The Balaban J connectivity index is 1.40. The molecule has 50 heavy (non-hydrogen) atoms. The number of imidazole rings is 1. The summed E-state index contributed by atoms with van der Waals surface area (Å²) in [7, 11) is -3.32. The monoisotopic (exact) mass is 756 g/mol. The van der Waals surface area contributed by atoms with Gasteiger partial charge in [0.1, 0.15) is 18.5 Å². The number of hydrogen-bond acceptors (Lipinski definition) is 16. The molecule has 4 heterocycles. The second kappa shape index (κ2) is 16.9. The van der Waals surface area contributed by atoms with Gasteiger partial charge in [0.05, 0.1) is 50.8 Å². The van der Waals surface area contributed by atoms with Gasteiger partial charge < -0.3 is 37.6 Å². The number of ether oxygens (including phenoxy) is 2. The van der Waals surface area contributed by atoms with Gasteiger partial charge >= 0.3 is 15.0 Å². The molecule has 0 bridgehead atoms. The fraction of sp³-hybridized carbons (Fsp3) is 0.607. The lowest BCUT2D eigenvalue weighted by atomic mass is 10.0.